The van der Waals surface area contributed by atoms with Gasteiger partial charge in [-0.25, -0.2) is 4.68 Å². The summed E-state index contributed by atoms with van der Waals surface area (Å²) in [5.41, 5.74) is 1.79. The molecule has 2 aromatic rings. The Morgan fingerprint density at radius 2 is 1.88 bits per heavy atom. The number of benzene rings is 1. The standard InChI is InChI=1S/C18H21N3OS2/c22-17-16(14-24-18(23)20-11-5-2-6-12-20)9-10-19-21(17)13-15-7-3-1-4-8-15/h1,3-4,7-10H,2,5-6,11-14H2. The first-order valence-electron chi connectivity index (χ1n) is 8.24. The fourth-order valence-electron chi connectivity index (χ4n) is 2.78. The average Bonchev–Trinajstić information content (AvgIpc) is 2.64. The Morgan fingerprint density at radius 1 is 1.12 bits per heavy atom. The zero-order chi connectivity index (χ0) is 16.8. The van der Waals surface area contributed by atoms with E-state index in [2.05, 4.69) is 10.00 Å². The largest absolute Gasteiger partial charge is 0.358 e. The van der Waals surface area contributed by atoms with Crippen LogP contribution in [0.5, 0.6) is 0 Å². The Hall–Kier alpha value is -1.66. The highest BCUT2D eigenvalue weighted by atomic mass is 32.2. The zero-order valence-corrected chi connectivity index (χ0v) is 15.2. The van der Waals surface area contributed by atoms with Crippen LogP contribution in [0.15, 0.2) is 47.4 Å². The van der Waals surface area contributed by atoms with Crippen LogP contribution in [-0.4, -0.2) is 32.1 Å². The summed E-state index contributed by atoms with van der Waals surface area (Å²) in [5.74, 6) is 0.603. The molecule has 0 unspecified atom stereocenters. The van der Waals surface area contributed by atoms with Gasteiger partial charge in [-0.1, -0.05) is 54.3 Å². The molecule has 1 aliphatic rings. The van der Waals surface area contributed by atoms with Gasteiger partial charge in [-0.2, -0.15) is 5.10 Å². The van der Waals surface area contributed by atoms with Crippen LogP contribution in [0.25, 0.3) is 0 Å². The molecule has 0 N–H and O–H groups in total. The van der Waals surface area contributed by atoms with Gasteiger partial charge in [0, 0.05) is 30.6 Å². The van der Waals surface area contributed by atoms with Gasteiger partial charge < -0.3 is 4.90 Å². The molecule has 1 saturated heterocycles. The lowest BCUT2D eigenvalue weighted by Crippen LogP contribution is -2.33. The van der Waals surface area contributed by atoms with Gasteiger partial charge in [-0.05, 0) is 30.9 Å². The number of nitrogens with zero attached hydrogens (tertiary/aromatic N) is 3. The van der Waals surface area contributed by atoms with E-state index < -0.39 is 0 Å². The Bertz CT molecular complexity index is 739. The van der Waals surface area contributed by atoms with E-state index in [4.69, 9.17) is 12.2 Å². The Kier molecular flexibility index (Phi) is 6.04. The second-order valence-corrected chi connectivity index (χ2v) is 7.52. The van der Waals surface area contributed by atoms with E-state index in [1.54, 1.807) is 24.0 Å². The van der Waals surface area contributed by atoms with Gasteiger partial charge in [0.05, 0.1) is 6.54 Å². The molecule has 2 heterocycles. The number of thiocarbonyl (C=S) groups is 1. The van der Waals surface area contributed by atoms with Gasteiger partial charge >= 0.3 is 0 Å². The van der Waals surface area contributed by atoms with Gasteiger partial charge in [-0.15, -0.1) is 0 Å². The van der Waals surface area contributed by atoms with Crippen molar-refractivity contribution < 1.29 is 0 Å². The van der Waals surface area contributed by atoms with Crippen molar-refractivity contribution in [1.29, 1.82) is 0 Å². The van der Waals surface area contributed by atoms with Gasteiger partial charge in [-0.3, -0.25) is 4.79 Å². The van der Waals surface area contributed by atoms with Crippen LogP contribution in [0, 0.1) is 0 Å². The molecule has 0 atom stereocenters. The molecule has 1 aromatic carbocycles. The predicted molar refractivity (Wildman–Crippen MR) is 103 cm³/mol. The summed E-state index contributed by atoms with van der Waals surface area (Å²) in [5, 5.41) is 4.20. The van der Waals surface area contributed by atoms with Crippen LogP contribution in [0.4, 0.5) is 0 Å². The summed E-state index contributed by atoms with van der Waals surface area (Å²) in [6, 6.07) is 11.7. The minimum atomic E-state index is -0.0321. The molecule has 1 aromatic heterocycles. The van der Waals surface area contributed by atoms with Crippen molar-refractivity contribution in [2.45, 2.75) is 31.6 Å². The second kappa shape index (κ2) is 8.44. The van der Waals surface area contributed by atoms with Crippen LogP contribution in [0.3, 0.4) is 0 Å². The number of hydrogen-bond acceptors (Lipinski definition) is 4. The first kappa shape index (κ1) is 17.2. The first-order chi connectivity index (χ1) is 11.7. The molecule has 0 radical (unpaired) electrons. The highest BCUT2D eigenvalue weighted by Crippen LogP contribution is 2.18. The Balaban J connectivity index is 1.65. The third-order valence-electron chi connectivity index (χ3n) is 4.13. The fraction of sp³-hybridized carbons (Fsp3) is 0.389. The summed E-state index contributed by atoms with van der Waals surface area (Å²) < 4.78 is 2.43. The fourth-order valence-corrected chi connectivity index (χ4v) is 4.00. The number of piperidine rings is 1. The molecular formula is C18H21N3OS2. The molecule has 3 rings (SSSR count). The normalized spacial score (nSPS) is 14.6. The lowest BCUT2D eigenvalue weighted by molar-refractivity contribution is 0.352. The minimum absolute atomic E-state index is 0.0321. The van der Waals surface area contributed by atoms with Crippen molar-refractivity contribution in [2.75, 3.05) is 13.1 Å². The summed E-state index contributed by atoms with van der Waals surface area (Å²) in [6.45, 7) is 2.58. The quantitative estimate of drug-likeness (QED) is 0.783. The summed E-state index contributed by atoms with van der Waals surface area (Å²) in [7, 11) is 0. The van der Waals surface area contributed by atoms with Crippen LogP contribution in [0.1, 0.15) is 30.4 Å². The van der Waals surface area contributed by atoms with E-state index in [-0.39, 0.29) is 5.56 Å². The minimum Gasteiger partial charge on any atom is -0.358 e. The number of rotatable bonds is 4. The van der Waals surface area contributed by atoms with Crippen molar-refractivity contribution in [3.8, 4) is 0 Å². The van der Waals surface area contributed by atoms with Crippen molar-refractivity contribution in [3.05, 3.63) is 64.1 Å². The molecule has 0 bridgehead atoms. The molecule has 1 aliphatic heterocycles. The zero-order valence-electron chi connectivity index (χ0n) is 13.6. The maximum atomic E-state index is 12.6. The van der Waals surface area contributed by atoms with E-state index in [9.17, 15) is 4.79 Å². The van der Waals surface area contributed by atoms with Crippen molar-refractivity contribution >= 4 is 28.3 Å². The van der Waals surface area contributed by atoms with E-state index >= 15 is 0 Å². The van der Waals surface area contributed by atoms with Crippen LogP contribution >= 0.6 is 24.0 Å². The van der Waals surface area contributed by atoms with Gasteiger partial charge in [0.15, 0.2) is 0 Å². The number of likely N-dealkylation sites (tertiary alicyclic amines) is 1. The molecule has 0 spiro atoms. The summed E-state index contributed by atoms with van der Waals surface area (Å²) in [6.07, 6.45) is 5.40. The van der Waals surface area contributed by atoms with Gasteiger partial charge in [0.25, 0.3) is 5.56 Å². The molecule has 0 aliphatic carbocycles. The third kappa shape index (κ3) is 4.45. The maximum Gasteiger partial charge on any atom is 0.271 e. The number of hydrogen-bond donors (Lipinski definition) is 0. The molecule has 24 heavy (non-hydrogen) atoms. The first-order valence-corrected chi connectivity index (χ1v) is 9.64. The predicted octanol–water partition coefficient (Wildman–Crippen LogP) is 3.30. The van der Waals surface area contributed by atoms with E-state index in [0.29, 0.717) is 12.3 Å². The molecule has 0 amide bonds. The highest BCUT2D eigenvalue weighted by molar-refractivity contribution is 8.22. The van der Waals surface area contributed by atoms with Crippen LogP contribution in [0.2, 0.25) is 0 Å². The third-order valence-corrected chi connectivity index (χ3v) is 5.70. The SMILES string of the molecule is O=c1c(CSC(=S)N2CCCCC2)ccnn1Cc1ccccc1. The highest BCUT2D eigenvalue weighted by Gasteiger charge is 2.14. The molecule has 1 fully saturated rings. The van der Waals surface area contributed by atoms with Crippen molar-refractivity contribution in [3.63, 3.8) is 0 Å². The number of thioether (sulfide) groups is 1. The molecule has 0 saturated carbocycles. The second-order valence-electron chi connectivity index (χ2n) is 5.91. The van der Waals surface area contributed by atoms with Gasteiger partial charge in [0.2, 0.25) is 0 Å². The lowest BCUT2D eigenvalue weighted by Gasteiger charge is -2.28. The summed E-state index contributed by atoms with van der Waals surface area (Å²) in [4.78, 5) is 14.8. The topological polar surface area (TPSA) is 38.1 Å². The lowest BCUT2D eigenvalue weighted by atomic mass is 10.1. The smallest absolute Gasteiger partial charge is 0.271 e. The molecule has 6 heteroatoms. The molecule has 4 nitrogen and oxygen atoms in total. The monoisotopic (exact) mass is 359 g/mol. The van der Waals surface area contributed by atoms with Crippen LogP contribution < -0.4 is 5.56 Å². The van der Waals surface area contributed by atoms with Crippen molar-refractivity contribution in [2.24, 2.45) is 0 Å². The van der Waals surface area contributed by atoms with E-state index in [1.165, 1.54) is 23.9 Å². The van der Waals surface area contributed by atoms with Crippen molar-refractivity contribution in [1.82, 2.24) is 14.7 Å². The maximum absolute atomic E-state index is 12.6. The van der Waals surface area contributed by atoms with E-state index in [0.717, 1.165) is 28.5 Å². The number of aromatic nitrogens is 2. The Morgan fingerprint density at radius 3 is 2.62 bits per heavy atom. The molecular weight excluding hydrogens is 338 g/mol. The van der Waals surface area contributed by atoms with Gasteiger partial charge in [0.1, 0.15) is 4.32 Å². The van der Waals surface area contributed by atoms with E-state index in [1.807, 2.05) is 30.3 Å². The molecule has 126 valence electrons. The van der Waals surface area contributed by atoms with Crippen LogP contribution in [-0.2, 0) is 12.3 Å². The summed E-state index contributed by atoms with van der Waals surface area (Å²) >= 11 is 7.10. The average molecular weight is 360 g/mol. The Labute approximate surface area is 151 Å².